The molecular weight excluding hydrogens is 799 g/mol. The van der Waals surface area contributed by atoms with Crippen molar-refractivity contribution in [3.8, 4) is 0 Å². The van der Waals surface area contributed by atoms with E-state index >= 15 is 0 Å². The van der Waals surface area contributed by atoms with Gasteiger partial charge in [-0.25, -0.2) is 4.18 Å². The molecule has 2 rings (SSSR count). The zero-order chi connectivity index (χ0) is 34.9. The fourth-order valence-electron chi connectivity index (χ4n) is 4.63. The van der Waals surface area contributed by atoms with Crippen LogP contribution in [0.4, 0.5) is 0 Å². The molecule has 0 aromatic carbocycles. The van der Waals surface area contributed by atoms with E-state index in [0.717, 1.165) is 48.7 Å². The van der Waals surface area contributed by atoms with Crippen molar-refractivity contribution in [1.29, 1.82) is 0 Å². The van der Waals surface area contributed by atoms with E-state index in [1.807, 2.05) is 0 Å². The van der Waals surface area contributed by atoms with Crippen molar-refractivity contribution in [3.63, 3.8) is 0 Å². The van der Waals surface area contributed by atoms with Crippen molar-refractivity contribution < 1.29 is 153 Å². The van der Waals surface area contributed by atoms with Gasteiger partial charge in [-0.15, -0.1) is 11.8 Å². The van der Waals surface area contributed by atoms with Crippen LogP contribution in [0, 0.1) is 0 Å². The first-order valence-corrected chi connectivity index (χ1v) is 15.8. The zero-order valence-electron chi connectivity index (χ0n) is 26.8. The molecule has 1 N–H and O–H groups in total. The van der Waals surface area contributed by atoms with Gasteiger partial charge >= 0.3 is 109 Å². The van der Waals surface area contributed by atoms with Gasteiger partial charge in [0.25, 0.3) is 0 Å². The SMILES string of the molecule is CO[C@@H]1O[C@H](COC(C)=O)[C@H](OS(=O)(=O)O)[C@@H](S[C@@H]2O[C@H](COC(C)=O)[C@@H](OC(C)=O)[C@H](OC(C)=O)[C@H]2N=C(C)[O-])[C@H]1OC(C)=O.[Cs+]. The maximum absolute atomic E-state index is 12.3. The number of nitrogens with zero attached hydrogens (tertiary/aromatic N) is 1. The van der Waals surface area contributed by atoms with E-state index < -0.39 is 119 Å². The summed E-state index contributed by atoms with van der Waals surface area (Å²) in [5.74, 6) is -4.98. The topological polar surface area (TPSA) is 258 Å². The second-order valence-electron chi connectivity index (χ2n) is 9.88. The first-order valence-electron chi connectivity index (χ1n) is 13.5. The summed E-state index contributed by atoms with van der Waals surface area (Å²) >= 11 is 0.619. The van der Waals surface area contributed by atoms with Gasteiger partial charge in [-0.2, -0.15) is 8.42 Å². The Balaban J connectivity index is 0.0000110. The molecule has 19 nitrogen and oxygen atoms in total. The van der Waals surface area contributed by atoms with Crippen molar-refractivity contribution in [2.75, 3.05) is 20.3 Å². The summed E-state index contributed by atoms with van der Waals surface area (Å²) in [6, 6.07) is -1.50. The molecule has 47 heavy (non-hydrogen) atoms. The van der Waals surface area contributed by atoms with E-state index in [2.05, 4.69) is 4.99 Å². The molecule has 0 bridgehead atoms. The third-order valence-corrected chi connectivity index (χ3v) is 8.08. The third-order valence-electron chi connectivity index (χ3n) is 6.10. The number of methoxy groups -OCH3 is 1. The minimum absolute atomic E-state index is 0. The number of ether oxygens (including phenoxy) is 8. The van der Waals surface area contributed by atoms with Crippen LogP contribution >= 0.6 is 11.8 Å². The molecule has 0 amide bonds. The molecule has 2 aliphatic heterocycles. The first-order chi connectivity index (χ1) is 21.3. The number of hydrogen-bond donors (Lipinski definition) is 1. The minimum atomic E-state index is -5.27. The molecule has 10 atom stereocenters. The summed E-state index contributed by atoms with van der Waals surface area (Å²) in [6.07, 6.45) is -10.7. The average molecular weight is 836 g/mol. The molecule has 0 aromatic rings. The van der Waals surface area contributed by atoms with Crippen LogP contribution in [-0.4, -0.2) is 129 Å². The molecule has 262 valence electrons. The average Bonchev–Trinajstić information content (AvgIpc) is 2.90. The van der Waals surface area contributed by atoms with Crippen molar-refractivity contribution in [2.24, 2.45) is 4.99 Å². The fraction of sp³-hybridized carbons (Fsp3) is 0.760. The van der Waals surface area contributed by atoms with Crippen LogP contribution in [0.5, 0.6) is 0 Å². The number of aliphatic imine (C=N–C) groups is 1. The normalized spacial score (nSPS) is 31.0. The van der Waals surface area contributed by atoms with Gasteiger partial charge in [0.15, 0.2) is 24.6 Å². The molecule has 0 spiro atoms. The van der Waals surface area contributed by atoms with Gasteiger partial charge in [-0.1, -0.05) is 0 Å². The van der Waals surface area contributed by atoms with Crippen molar-refractivity contribution >= 4 is 57.9 Å². The van der Waals surface area contributed by atoms with E-state index in [9.17, 15) is 42.0 Å². The van der Waals surface area contributed by atoms with Gasteiger partial charge in [0.05, 0.1) is 5.25 Å². The van der Waals surface area contributed by atoms with Crippen LogP contribution in [0.15, 0.2) is 4.99 Å². The number of rotatable bonds is 13. The van der Waals surface area contributed by atoms with Crippen molar-refractivity contribution in [3.05, 3.63) is 0 Å². The molecule has 2 heterocycles. The maximum Gasteiger partial charge on any atom is 1.00 e. The Kier molecular flexibility index (Phi) is 18.7. The maximum atomic E-state index is 12.3. The fourth-order valence-corrected chi connectivity index (χ4v) is 6.84. The summed E-state index contributed by atoms with van der Waals surface area (Å²) < 4.78 is 82.0. The number of carbonyl (C=O) groups excluding carboxylic acids is 5. The predicted octanol–water partition coefficient (Wildman–Crippen LogP) is -4.55. The second kappa shape index (κ2) is 20.0. The zero-order valence-corrected chi connectivity index (χ0v) is 34.8. The van der Waals surface area contributed by atoms with E-state index in [1.54, 1.807) is 0 Å². The van der Waals surface area contributed by atoms with Crippen LogP contribution in [0.25, 0.3) is 0 Å². The van der Waals surface area contributed by atoms with Gasteiger partial charge < -0.3 is 43.0 Å². The molecular formula is C25H36CsNO18S2. The third kappa shape index (κ3) is 14.4. The van der Waals surface area contributed by atoms with Crippen molar-refractivity contribution in [1.82, 2.24) is 0 Å². The molecule has 0 aromatic heterocycles. The molecule has 2 saturated heterocycles. The number of thioether (sulfide) groups is 1. The van der Waals surface area contributed by atoms with Gasteiger partial charge in [-0.05, 0) is 12.8 Å². The number of hydrogen-bond acceptors (Lipinski definition) is 19. The Hall–Kier alpha value is -1.03. The molecule has 22 heteroatoms. The Morgan fingerprint density at radius 2 is 1.23 bits per heavy atom. The first kappa shape index (κ1) is 44.0. The van der Waals surface area contributed by atoms with Crippen LogP contribution < -0.4 is 74.0 Å². The second-order valence-corrected chi connectivity index (χ2v) is 12.2. The summed E-state index contributed by atoms with van der Waals surface area (Å²) in [5.41, 5.74) is -1.47. The smallest absolute Gasteiger partial charge is 0.862 e. The van der Waals surface area contributed by atoms with E-state index in [0.29, 0.717) is 11.8 Å². The standard InChI is InChI=1S/C25H37NO18S2.Cs/c1-10(27)26-18-21(40-14(5)31)19(39-13(4)30)16(8-37-11(2)28)43-25(18)45-23-20(44-46(33,34)35)17(9-38-12(3)29)42-24(36-7)22(23)41-15(6)32;/h16-25H,8-9H2,1-7H3,(H,26,27)(H,33,34,35);/q;+1/p-1/t16-,17-,18-,19-,20+,21-,22-,23-,24-,25+;/m1./s1. The molecule has 0 aliphatic carbocycles. The quantitative estimate of drug-likeness (QED) is 0.0602. The van der Waals surface area contributed by atoms with Gasteiger partial charge in [0.1, 0.15) is 43.0 Å². The number of esters is 5. The van der Waals surface area contributed by atoms with E-state index in [4.69, 9.17) is 42.1 Å². The largest absolute Gasteiger partial charge is 1.00 e. The van der Waals surface area contributed by atoms with E-state index in [1.165, 1.54) is 0 Å². The molecule has 2 aliphatic rings. The molecule has 0 unspecified atom stereocenters. The van der Waals surface area contributed by atoms with Crippen molar-refractivity contribution in [2.45, 2.75) is 101 Å². The van der Waals surface area contributed by atoms with Gasteiger partial charge in [0.2, 0.25) is 0 Å². The monoisotopic (exact) mass is 835 g/mol. The van der Waals surface area contributed by atoms with Crippen LogP contribution in [0.1, 0.15) is 41.5 Å². The summed E-state index contributed by atoms with van der Waals surface area (Å²) in [4.78, 5) is 63.7. The summed E-state index contributed by atoms with van der Waals surface area (Å²) in [7, 11) is -4.11. The Bertz CT molecular complexity index is 1260. The predicted molar refractivity (Wildman–Crippen MR) is 149 cm³/mol. The van der Waals surface area contributed by atoms with Gasteiger partial charge in [0, 0.05) is 41.7 Å². The molecule has 0 saturated carbocycles. The molecule has 2 fully saturated rings. The summed E-state index contributed by atoms with van der Waals surface area (Å²) in [6.45, 7) is 5.12. The van der Waals surface area contributed by atoms with E-state index in [-0.39, 0.29) is 68.9 Å². The number of carbonyl (C=O) groups is 5. The Morgan fingerprint density at radius 3 is 1.66 bits per heavy atom. The van der Waals surface area contributed by atoms with Crippen LogP contribution in [0.3, 0.4) is 0 Å². The van der Waals surface area contributed by atoms with Crippen LogP contribution in [0.2, 0.25) is 0 Å². The summed E-state index contributed by atoms with van der Waals surface area (Å²) in [5, 5.41) is 10.9. The van der Waals surface area contributed by atoms with Crippen LogP contribution in [-0.2, 0) is 76.4 Å². The minimum Gasteiger partial charge on any atom is -0.862 e. The van der Waals surface area contributed by atoms with Gasteiger partial charge in [-0.3, -0.25) is 33.5 Å². The Labute approximate surface area is 333 Å². The molecule has 0 radical (unpaired) electrons. The Morgan fingerprint density at radius 1 is 0.766 bits per heavy atom.